The molecule has 2 rings (SSSR count). The Bertz CT molecular complexity index is 594. The Morgan fingerprint density at radius 2 is 2.19 bits per heavy atom. The summed E-state index contributed by atoms with van der Waals surface area (Å²) in [6.07, 6.45) is 2.28. The Labute approximate surface area is 92.9 Å². The fraction of sp³-hybridized carbons (Fsp3) is 0.364. The third-order valence-electron chi connectivity index (χ3n) is 2.44. The van der Waals surface area contributed by atoms with Crippen molar-refractivity contribution in [1.29, 1.82) is 0 Å². The number of isocyanates is 1. The first-order valence-electron chi connectivity index (χ1n) is 5.10. The summed E-state index contributed by atoms with van der Waals surface area (Å²) in [5.74, 6) is 1.13. The van der Waals surface area contributed by atoms with Gasteiger partial charge >= 0.3 is 0 Å². The van der Waals surface area contributed by atoms with Gasteiger partial charge in [0.05, 0.1) is 5.69 Å². The fourth-order valence-electron chi connectivity index (χ4n) is 1.80. The lowest BCUT2D eigenvalue weighted by molar-refractivity contribution is 0.565. The van der Waals surface area contributed by atoms with E-state index in [-0.39, 0.29) is 0 Å². The average molecular weight is 216 g/mol. The molecule has 2 aromatic rings. The largest absolute Gasteiger partial charge is 0.265 e. The van der Waals surface area contributed by atoms with Gasteiger partial charge in [0.2, 0.25) is 11.9 Å². The molecule has 0 aromatic carbocycles. The molecule has 0 atom stereocenters. The number of aromatic nitrogens is 3. The first-order valence-corrected chi connectivity index (χ1v) is 5.10. The quantitative estimate of drug-likeness (QED) is 0.568. The van der Waals surface area contributed by atoms with Crippen LogP contribution < -0.4 is 0 Å². The van der Waals surface area contributed by atoms with Gasteiger partial charge in [-0.3, -0.25) is 4.40 Å². The van der Waals surface area contributed by atoms with Gasteiger partial charge in [-0.25, -0.2) is 14.8 Å². The van der Waals surface area contributed by atoms with Crippen LogP contribution in [0.3, 0.4) is 0 Å². The maximum Gasteiger partial charge on any atom is 0.242 e. The Balaban J connectivity index is 2.89. The molecule has 0 unspecified atom stereocenters. The standard InChI is InChI=1S/C11H12N4O/c1-4-9-10(12-6-16)15-8(3)5-7(2)13-11(15)14-9/h5H,4H2,1-3H3. The third-order valence-corrected chi connectivity index (χ3v) is 2.44. The van der Waals surface area contributed by atoms with Gasteiger partial charge in [0.1, 0.15) is 0 Å². The fourth-order valence-corrected chi connectivity index (χ4v) is 1.80. The normalized spacial score (nSPS) is 10.4. The second-order valence-electron chi connectivity index (χ2n) is 3.61. The summed E-state index contributed by atoms with van der Waals surface area (Å²) in [4.78, 5) is 22.8. The Hall–Kier alpha value is -2.00. The van der Waals surface area contributed by atoms with Crippen molar-refractivity contribution >= 4 is 17.7 Å². The van der Waals surface area contributed by atoms with Crippen molar-refractivity contribution in [2.75, 3.05) is 0 Å². The monoisotopic (exact) mass is 216 g/mol. The molecule has 0 bridgehead atoms. The van der Waals surface area contributed by atoms with Gasteiger partial charge in [0.15, 0.2) is 5.82 Å². The van der Waals surface area contributed by atoms with Crippen LogP contribution in [-0.4, -0.2) is 20.4 Å². The van der Waals surface area contributed by atoms with E-state index in [2.05, 4.69) is 15.0 Å². The minimum absolute atomic E-state index is 0.539. The van der Waals surface area contributed by atoms with Crippen molar-refractivity contribution < 1.29 is 4.79 Å². The van der Waals surface area contributed by atoms with Crippen LogP contribution in [0.25, 0.3) is 5.78 Å². The van der Waals surface area contributed by atoms with Crippen LogP contribution in [0.2, 0.25) is 0 Å². The number of imidazole rings is 1. The molecular formula is C11H12N4O. The molecule has 0 aliphatic heterocycles. The zero-order valence-corrected chi connectivity index (χ0v) is 9.48. The predicted molar refractivity (Wildman–Crippen MR) is 59.6 cm³/mol. The van der Waals surface area contributed by atoms with Crippen molar-refractivity contribution in [2.24, 2.45) is 4.99 Å². The van der Waals surface area contributed by atoms with Gasteiger partial charge in [-0.05, 0) is 26.3 Å². The first kappa shape index (κ1) is 10.5. The summed E-state index contributed by atoms with van der Waals surface area (Å²) in [6.45, 7) is 5.82. The molecule has 0 radical (unpaired) electrons. The van der Waals surface area contributed by atoms with Crippen molar-refractivity contribution in [2.45, 2.75) is 27.2 Å². The maximum atomic E-state index is 10.4. The molecule has 0 saturated heterocycles. The third kappa shape index (κ3) is 1.51. The van der Waals surface area contributed by atoms with E-state index in [0.29, 0.717) is 18.0 Å². The predicted octanol–water partition coefficient (Wildman–Crippen LogP) is 1.88. The van der Waals surface area contributed by atoms with Crippen molar-refractivity contribution in [3.63, 3.8) is 0 Å². The molecular weight excluding hydrogens is 204 g/mol. The molecule has 0 aliphatic rings. The number of aryl methyl sites for hydroxylation is 3. The highest BCUT2D eigenvalue weighted by molar-refractivity contribution is 5.55. The lowest BCUT2D eigenvalue weighted by Gasteiger charge is -2.01. The lowest BCUT2D eigenvalue weighted by Crippen LogP contribution is -1.95. The minimum Gasteiger partial charge on any atom is -0.265 e. The summed E-state index contributed by atoms with van der Waals surface area (Å²) in [5.41, 5.74) is 2.63. The first-order chi connectivity index (χ1) is 7.67. The molecule has 5 nitrogen and oxygen atoms in total. The molecule has 2 heterocycles. The highest BCUT2D eigenvalue weighted by Gasteiger charge is 2.13. The van der Waals surface area contributed by atoms with Crippen LogP contribution in [-0.2, 0) is 11.2 Å². The van der Waals surface area contributed by atoms with E-state index >= 15 is 0 Å². The van der Waals surface area contributed by atoms with Crippen molar-refractivity contribution in [1.82, 2.24) is 14.4 Å². The highest BCUT2D eigenvalue weighted by Crippen LogP contribution is 2.22. The SMILES string of the molecule is CCc1nc2nc(C)cc(C)n2c1N=C=O. The summed E-state index contributed by atoms with van der Waals surface area (Å²) < 4.78 is 1.77. The highest BCUT2D eigenvalue weighted by atomic mass is 16.1. The van der Waals surface area contributed by atoms with E-state index in [4.69, 9.17) is 0 Å². The smallest absolute Gasteiger partial charge is 0.242 e. The van der Waals surface area contributed by atoms with Gasteiger partial charge in [0, 0.05) is 11.4 Å². The van der Waals surface area contributed by atoms with Crippen LogP contribution >= 0.6 is 0 Å². The van der Waals surface area contributed by atoms with E-state index in [1.54, 1.807) is 10.5 Å². The summed E-state index contributed by atoms with van der Waals surface area (Å²) in [7, 11) is 0. The number of carbonyl (C=O) groups excluding carboxylic acids is 1. The molecule has 5 heteroatoms. The molecule has 0 N–H and O–H groups in total. The Morgan fingerprint density at radius 1 is 1.44 bits per heavy atom. The molecule has 82 valence electrons. The van der Waals surface area contributed by atoms with E-state index in [1.165, 1.54) is 0 Å². The summed E-state index contributed by atoms with van der Waals surface area (Å²) in [5, 5.41) is 0. The number of aliphatic imine (C=N–C) groups is 1. The number of rotatable bonds is 2. The molecule has 0 amide bonds. The molecule has 0 aliphatic carbocycles. The molecule has 0 spiro atoms. The molecule has 2 aromatic heterocycles. The number of nitrogens with zero attached hydrogens (tertiary/aromatic N) is 4. The minimum atomic E-state index is 0.539. The Morgan fingerprint density at radius 3 is 2.81 bits per heavy atom. The van der Waals surface area contributed by atoms with E-state index in [9.17, 15) is 4.79 Å². The van der Waals surface area contributed by atoms with Crippen molar-refractivity contribution in [3.8, 4) is 0 Å². The number of fused-ring (bicyclic) bond motifs is 1. The van der Waals surface area contributed by atoms with Crippen LogP contribution in [0, 0.1) is 13.8 Å². The van der Waals surface area contributed by atoms with Gasteiger partial charge in [0.25, 0.3) is 0 Å². The average Bonchev–Trinajstić information content (AvgIpc) is 2.57. The summed E-state index contributed by atoms with van der Waals surface area (Å²) in [6, 6.07) is 1.93. The molecule has 16 heavy (non-hydrogen) atoms. The van der Waals surface area contributed by atoms with Crippen LogP contribution in [0.15, 0.2) is 11.1 Å². The van der Waals surface area contributed by atoms with Crippen LogP contribution in [0.5, 0.6) is 0 Å². The van der Waals surface area contributed by atoms with E-state index < -0.39 is 0 Å². The van der Waals surface area contributed by atoms with Gasteiger partial charge < -0.3 is 0 Å². The van der Waals surface area contributed by atoms with E-state index in [1.807, 2.05) is 26.8 Å². The van der Waals surface area contributed by atoms with Crippen LogP contribution in [0.1, 0.15) is 24.0 Å². The summed E-state index contributed by atoms with van der Waals surface area (Å²) >= 11 is 0. The Kier molecular flexibility index (Phi) is 2.54. The van der Waals surface area contributed by atoms with Crippen LogP contribution in [0.4, 0.5) is 5.82 Å². The van der Waals surface area contributed by atoms with Crippen molar-refractivity contribution in [3.05, 3.63) is 23.1 Å². The molecule has 0 saturated carbocycles. The van der Waals surface area contributed by atoms with Gasteiger partial charge in [-0.15, -0.1) is 4.99 Å². The zero-order valence-electron chi connectivity index (χ0n) is 9.48. The zero-order chi connectivity index (χ0) is 11.7. The second kappa shape index (κ2) is 3.87. The van der Waals surface area contributed by atoms with Gasteiger partial charge in [-0.1, -0.05) is 6.92 Å². The van der Waals surface area contributed by atoms with Gasteiger partial charge in [-0.2, -0.15) is 0 Å². The lowest BCUT2D eigenvalue weighted by atomic mass is 10.3. The maximum absolute atomic E-state index is 10.4. The number of hydrogen-bond acceptors (Lipinski definition) is 4. The topological polar surface area (TPSA) is 59.6 Å². The molecule has 0 fully saturated rings. The van der Waals surface area contributed by atoms with E-state index in [0.717, 1.165) is 17.1 Å². The number of hydrogen-bond donors (Lipinski definition) is 0. The second-order valence-corrected chi connectivity index (χ2v) is 3.61.